The number of amides is 2. The molecule has 188 valence electrons. The molecule has 1 atom stereocenters. The van der Waals surface area contributed by atoms with E-state index in [2.05, 4.69) is 13.0 Å². The minimum absolute atomic E-state index is 0.0407. The number of halogens is 1. The van der Waals surface area contributed by atoms with E-state index in [4.69, 9.17) is 21.3 Å². The molecule has 8 heteroatoms. The fourth-order valence-electron chi connectivity index (χ4n) is 5.13. The van der Waals surface area contributed by atoms with Crippen molar-refractivity contribution in [3.8, 4) is 5.75 Å². The van der Waals surface area contributed by atoms with Gasteiger partial charge in [0.05, 0.1) is 10.0 Å². The van der Waals surface area contributed by atoms with Gasteiger partial charge in [-0.05, 0) is 63.8 Å². The van der Waals surface area contributed by atoms with Crippen molar-refractivity contribution in [2.75, 3.05) is 18.0 Å². The third kappa shape index (κ3) is 4.74. The number of ether oxygens (including phenoxy) is 1. The van der Waals surface area contributed by atoms with Gasteiger partial charge in [-0.15, -0.1) is 11.3 Å². The molecular weight excluding hydrogens is 494 g/mol. The molecular formula is C28H30ClN3O3S. The number of carbonyl (C=O) groups is 2. The summed E-state index contributed by atoms with van der Waals surface area (Å²) in [6, 6.07) is 15.4. The quantitative estimate of drug-likeness (QED) is 0.414. The standard InChI is InChI=1S/C28H30ClN3O3S/c1-18-16-20-8-4-6-10-23(20)32(18)26(33)22-17-36-25(30-22)19-12-14-31(15-13-19)27(34)28(2,3)35-24-11-7-5-9-21(24)29/h4-11,17-19H,12-16H2,1-3H3. The van der Waals surface area contributed by atoms with Crippen LogP contribution in [0.5, 0.6) is 5.75 Å². The molecule has 1 saturated heterocycles. The van der Waals surface area contributed by atoms with Crippen LogP contribution in [0.3, 0.4) is 0 Å². The topological polar surface area (TPSA) is 62.7 Å². The predicted octanol–water partition coefficient (Wildman–Crippen LogP) is 5.95. The maximum Gasteiger partial charge on any atom is 0.278 e. The summed E-state index contributed by atoms with van der Waals surface area (Å²) in [7, 11) is 0. The average Bonchev–Trinajstić information content (AvgIpc) is 3.49. The smallest absolute Gasteiger partial charge is 0.278 e. The van der Waals surface area contributed by atoms with Gasteiger partial charge < -0.3 is 14.5 Å². The minimum Gasteiger partial charge on any atom is -0.476 e. The first-order valence-electron chi connectivity index (χ1n) is 12.3. The number of hydrogen-bond acceptors (Lipinski definition) is 5. The number of benzene rings is 2. The molecule has 0 bridgehead atoms. The molecule has 1 fully saturated rings. The van der Waals surface area contributed by atoms with Crippen LogP contribution in [0.15, 0.2) is 53.9 Å². The highest BCUT2D eigenvalue weighted by molar-refractivity contribution is 7.10. The van der Waals surface area contributed by atoms with Crippen molar-refractivity contribution >= 4 is 40.4 Å². The van der Waals surface area contributed by atoms with E-state index < -0.39 is 5.60 Å². The number of fused-ring (bicyclic) bond motifs is 1. The number of aromatic nitrogens is 1. The van der Waals surface area contributed by atoms with Crippen LogP contribution in [0, 0.1) is 0 Å². The Morgan fingerprint density at radius 2 is 1.78 bits per heavy atom. The lowest BCUT2D eigenvalue weighted by Crippen LogP contribution is -2.51. The Morgan fingerprint density at radius 1 is 1.08 bits per heavy atom. The molecule has 3 heterocycles. The van der Waals surface area contributed by atoms with Gasteiger partial charge in [-0.2, -0.15) is 0 Å². The second kappa shape index (κ2) is 9.87. The summed E-state index contributed by atoms with van der Waals surface area (Å²) in [5.41, 5.74) is 1.66. The van der Waals surface area contributed by atoms with Gasteiger partial charge in [0, 0.05) is 36.1 Å². The highest BCUT2D eigenvalue weighted by Gasteiger charge is 2.37. The van der Waals surface area contributed by atoms with Crippen molar-refractivity contribution in [3.63, 3.8) is 0 Å². The first kappa shape index (κ1) is 24.8. The van der Waals surface area contributed by atoms with Gasteiger partial charge in [-0.25, -0.2) is 4.98 Å². The SMILES string of the molecule is CC1Cc2ccccc2N1C(=O)c1csc(C2CCN(C(=O)C(C)(C)Oc3ccccc3Cl)CC2)n1. The predicted molar refractivity (Wildman–Crippen MR) is 143 cm³/mol. The number of likely N-dealkylation sites (tertiary alicyclic amines) is 1. The van der Waals surface area contributed by atoms with Gasteiger partial charge in [-0.3, -0.25) is 9.59 Å². The summed E-state index contributed by atoms with van der Waals surface area (Å²) in [5, 5.41) is 3.33. The number of rotatable bonds is 5. The minimum atomic E-state index is -1.03. The van der Waals surface area contributed by atoms with Crippen molar-refractivity contribution in [2.45, 2.75) is 57.6 Å². The van der Waals surface area contributed by atoms with E-state index in [0.717, 1.165) is 30.0 Å². The van der Waals surface area contributed by atoms with E-state index in [0.29, 0.717) is 29.6 Å². The van der Waals surface area contributed by atoms with Crippen molar-refractivity contribution in [1.29, 1.82) is 0 Å². The van der Waals surface area contributed by atoms with Gasteiger partial charge in [-0.1, -0.05) is 41.9 Å². The van der Waals surface area contributed by atoms with Crippen molar-refractivity contribution in [1.82, 2.24) is 9.88 Å². The lowest BCUT2D eigenvalue weighted by atomic mass is 9.96. The third-order valence-electron chi connectivity index (χ3n) is 7.02. The van der Waals surface area contributed by atoms with E-state index in [-0.39, 0.29) is 23.8 Å². The van der Waals surface area contributed by atoms with Crippen molar-refractivity contribution in [3.05, 3.63) is 75.2 Å². The van der Waals surface area contributed by atoms with E-state index in [1.54, 1.807) is 37.3 Å². The average molecular weight is 524 g/mol. The largest absolute Gasteiger partial charge is 0.476 e. The van der Waals surface area contributed by atoms with Crippen LogP contribution in [0.1, 0.15) is 60.6 Å². The molecule has 0 spiro atoms. The van der Waals surface area contributed by atoms with E-state index in [9.17, 15) is 9.59 Å². The molecule has 2 amide bonds. The number of hydrogen-bond donors (Lipinski definition) is 0. The molecule has 0 N–H and O–H groups in total. The zero-order valence-corrected chi connectivity index (χ0v) is 22.3. The fourth-order valence-corrected chi connectivity index (χ4v) is 6.27. The molecule has 0 aliphatic carbocycles. The van der Waals surface area contributed by atoms with Crippen molar-refractivity contribution < 1.29 is 14.3 Å². The molecule has 0 saturated carbocycles. The van der Waals surface area contributed by atoms with Gasteiger partial charge >= 0.3 is 0 Å². The van der Waals surface area contributed by atoms with Crippen molar-refractivity contribution in [2.24, 2.45) is 0 Å². The molecule has 5 rings (SSSR count). The fraction of sp³-hybridized carbons (Fsp3) is 0.393. The van der Waals surface area contributed by atoms with Gasteiger partial charge in [0.2, 0.25) is 0 Å². The van der Waals surface area contributed by atoms with Crippen LogP contribution in [0.2, 0.25) is 5.02 Å². The van der Waals surface area contributed by atoms with Crippen LogP contribution in [-0.4, -0.2) is 46.4 Å². The Balaban J connectivity index is 1.21. The summed E-state index contributed by atoms with van der Waals surface area (Å²) >= 11 is 7.77. The van der Waals surface area contributed by atoms with Gasteiger partial charge in [0.25, 0.3) is 11.8 Å². The summed E-state index contributed by atoms with van der Waals surface area (Å²) in [4.78, 5) is 35.1. The van der Waals surface area contributed by atoms with Crippen LogP contribution in [0.25, 0.3) is 0 Å². The molecule has 6 nitrogen and oxygen atoms in total. The maximum absolute atomic E-state index is 13.3. The number of nitrogens with zero attached hydrogens (tertiary/aromatic N) is 3. The summed E-state index contributed by atoms with van der Waals surface area (Å²) < 4.78 is 6.00. The number of anilines is 1. The van der Waals surface area contributed by atoms with E-state index in [1.165, 1.54) is 5.56 Å². The van der Waals surface area contributed by atoms with Gasteiger partial charge in [0.1, 0.15) is 11.4 Å². The lowest BCUT2D eigenvalue weighted by molar-refractivity contribution is -0.146. The maximum atomic E-state index is 13.3. The van der Waals surface area contributed by atoms with Gasteiger partial charge in [0.15, 0.2) is 5.60 Å². The number of carbonyl (C=O) groups excluding carboxylic acids is 2. The Morgan fingerprint density at radius 3 is 2.53 bits per heavy atom. The highest BCUT2D eigenvalue weighted by Crippen LogP contribution is 2.36. The highest BCUT2D eigenvalue weighted by atomic mass is 35.5. The Hall–Kier alpha value is -2.90. The molecule has 0 radical (unpaired) electrons. The molecule has 2 aliphatic rings. The third-order valence-corrected chi connectivity index (χ3v) is 8.33. The number of piperidine rings is 1. The van der Waals surface area contributed by atoms with Crippen LogP contribution in [-0.2, 0) is 11.2 Å². The first-order valence-corrected chi connectivity index (χ1v) is 13.6. The molecule has 36 heavy (non-hydrogen) atoms. The van der Waals surface area contributed by atoms with Crippen LogP contribution in [0.4, 0.5) is 5.69 Å². The van der Waals surface area contributed by atoms with Crippen LogP contribution >= 0.6 is 22.9 Å². The van der Waals surface area contributed by atoms with E-state index in [1.807, 2.05) is 45.5 Å². The molecule has 2 aromatic carbocycles. The summed E-state index contributed by atoms with van der Waals surface area (Å²) in [5.74, 6) is 0.636. The number of para-hydroxylation sites is 2. The lowest BCUT2D eigenvalue weighted by Gasteiger charge is -2.36. The normalized spacial score (nSPS) is 18.3. The molecule has 2 aliphatic heterocycles. The zero-order chi connectivity index (χ0) is 25.4. The molecule has 3 aromatic rings. The Bertz CT molecular complexity index is 1280. The zero-order valence-electron chi connectivity index (χ0n) is 20.7. The molecule has 1 aromatic heterocycles. The molecule has 1 unspecified atom stereocenters. The Kier molecular flexibility index (Phi) is 6.79. The summed E-state index contributed by atoms with van der Waals surface area (Å²) in [6.45, 7) is 6.88. The summed E-state index contributed by atoms with van der Waals surface area (Å²) in [6.07, 6.45) is 2.47. The van der Waals surface area contributed by atoms with E-state index >= 15 is 0 Å². The monoisotopic (exact) mass is 523 g/mol. The van der Waals surface area contributed by atoms with Crippen LogP contribution < -0.4 is 9.64 Å². The second-order valence-corrected chi connectivity index (χ2v) is 11.3. The Labute approximate surface area is 220 Å². The second-order valence-electron chi connectivity index (χ2n) is 10.0. The number of thiazole rings is 1. The first-order chi connectivity index (χ1) is 17.2.